The number of carbonyl (C=O) groups excluding carboxylic acids is 2. The van der Waals surface area contributed by atoms with Gasteiger partial charge in [-0.3, -0.25) is 9.59 Å². The normalized spacial score (nSPS) is 13.3. The Kier molecular flexibility index (Phi) is 6.84. The third-order valence-electron chi connectivity index (χ3n) is 4.26. The molecular formula is C20H25ClN2O2S. The third-order valence-corrected chi connectivity index (χ3v) is 5.57. The molecule has 1 aromatic heterocycles. The Bertz CT molecular complexity index is 801. The summed E-state index contributed by atoms with van der Waals surface area (Å²) in [7, 11) is 0. The molecule has 2 atom stereocenters. The summed E-state index contributed by atoms with van der Waals surface area (Å²) in [5, 5.41) is 6.21. The van der Waals surface area contributed by atoms with Crippen molar-refractivity contribution in [2.24, 2.45) is 5.92 Å². The maximum Gasteiger partial charge on any atom is 0.253 e. The van der Waals surface area contributed by atoms with Gasteiger partial charge in [0.2, 0.25) is 5.91 Å². The predicted molar refractivity (Wildman–Crippen MR) is 108 cm³/mol. The summed E-state index contributed by atoms with van der Waals surface area (Å²) in [4.78, 5) is 27.7. The quantitative estimate of drug-likeness (QED) is 0.751. The molecule has 1 aromatic carbocycles. The number of benzene rings is 1. The number of aryl methyl sites for hydroxylation is 2. The van der Waals surface area contributed by atoms with E-state index < -0.39 is 6.04 Å². The zero-order valence-electron chi connectivity index (χ0n) is 15.7. The van der Waals surface area contributed by atoms with Crippen LogP contribution in [-0.2, 0) is 4.79 Å². The van der Waals surface area contributed by atoms with Gasteiger partial charge in [0.25, 0.3) is 5.91 Å². The minimum atomic E-state index is -0.638. The molecule has 0 saturated heterocycles. The van der Waals surface area contributed by atoms with Crippen LogP contribution in [0.25, 0.3) is 0 Å². The summed E-state index contributed by atoms with van der Waals surface area (Å²) in [5.74, 6) is -0.602. The number of carbonyl (C=O) groups is 2. The number of hydrogen-bond acceptors (Lipinski definition) is 3. The van der Waals surface area contributed by atoms with Gasteiger partial charge in [-0.05, 0) is 50.5 Å². The lowest BCUT2D eigenvalue weighted by atomic mass is 10.0. The SMILES string of the molecule is Cc1cc([C@@H](C)NC(=O)[C@H](NC(=O)c2ccccc2Cl)C(C)C)c(C)s1. The van der Waals surface area contributed by atoms with Crippen molar-refractivity contribution in [1.29, 1.82) is 0 Å². The summed E-state index contributed by atoms with van der Waals surface area (Å²) in [6.45, 7) is 9.87. The second kappa shape index (κ2) is 8.69. The van der Waals surface area contributed by atoms with Crippen LogP contribution in [0, 0.1) is 19.8 Å². The standard InChI is InChI=1S/C20H25ClN2O2S/c1-11(2)18(23-19(24)15-8-6-7-9-17(15)21)20(25)22-13(4)16-10-12(3)26-14(16)5/h6-11,13,18H,1-5H3,(H,22,25)(H,23,24)/t13-,18-/m1/s1. The second-order valence-corrected chi connectivity index (χ2v) is 8.64. The molecule has 6 heteroatoms. The van der Waals surface area contributed by atoms with Crippen molar-refractivity contribution in [3.05, 3.63) is 56.2 Å². The maximum absolute atomic E-state index is 12.8. The van der Waals surface area contributed by atoms with Gasteiger partial charge in [0.15, 0.2) is 0 Å². The molecule has 0 saturated carbocycles. The van der Waals surface area contributed by atoms with Crippen molar-refractivity contribution in [1.82, 2.24) is 10.6 Å². The van der Waals surface area contributed by atoms with E-state index in [1.54, 1.807) is 35.6 Å². The van der Waals surface area contributed by atoms with Crippen molar-refractivity contribution >= 4 is 34.8 Å². The van der Waals surface area contributed by atoms with Gasteiger partial charge >= 0.3 is 0 Å². The summed E-state index contributed by atoms with van der Waals surface area (Å²) in [6, 6.07) is 8.15. The van der Waals surface area contributed by atoms with Crippen LogP contribution in [0.3, 0.4) is 0 Å². The molecule has 2 amide bonds. The Morgan fingerprint density at radius 3 is 2.27 bits per heavy atom. The van der Waals surface area contributed by atoms with E-state index in [1.165, 1.54) is 9.75 Å². The van der Waals surface area contributed by atoms with Crippen LogP contribution in [0.2, 0.25) is 5.02 Å². The summed E-state index contributed by atoms with van der Waals surface area (Å²) >= 11 is 7.80. The molecule has 0 radical (unpaired) electrons. The van der Waals surface area contributed by atoms with Crippen molar-refractivity contribution < 1.29 is 9.59 Å². The van der Waals surface area contributed by atoms with E-state index in [4.69, 9.17) is 11.6 Å². The largest absolute Gasteiger partial charge is 0.348 e. The molecule has 1 heterocycles. The van der Waals surface area contributed by atoms with E-state index in [2.05, 4.69) is 30.5 Å². The number of thiophene rings is 1. The minimum Gasteiger partial charge on any atom is -0.348 e. The number of amides is 2. The maximum atomic E-state index is 12.8. The first kappa shape index (κ1) is 20.5. The molecule has 0 unspecified atom stereocenters. The van der Waals surface area contributed by atoms with Crippen molar-refractivity contribution in [2.75, 3.05) is 0 Å². The topological polar surface area (TPSA) is 58.2 Å². The average molecular weight is 393 g/mol. The highest BCUT2D eigenvalue weighted by atomic mass is 35.5. The molecule has 140 valence electrons. The molecule has 2 aromatic rings. The fraction of sp³-hybridized carbons (Fsp3) is 0.400. The summed E-state index contributed by atoms with van der Waals surface area (Å²) in [5.41, 5.74) is 1.48. The molecule has 0 bridgehead atoms. The Hall–Kier alpha value is -1.85. The first-order valence-corrected chi connectivity index (χ1v) is 9.82. The van der Waals surface area contributed by atoms with Crippen LogP contribution < -0.4 is 10.6 Å². The Balaban J connectivity index is 2.11. The number of rotatable bonds is 6. The molecule has 4 nitrogen and oxygen atoms in total. The van der Waals surface area contributed by atoms with Gasteiger partial charge in [0.1, 0.15) is 6.04 Å². The van der Waals surface area contributed by atoms with Gasteiger partial charge in [0.05, 0.1) is 16.6 Å². The van der Waals surface area contributed by atoms with Gasteiger partial charge in [0, 0.05) is 9.75 Å². The van der Waals surface area contributed by atoms with Gasteiger partial charge < -0.3 is 10.6 Å². The summed E-state index contributed by atoms with van der Waals surface area (Å²) in [6.07, 6.45) is 0. The molecule has 0 spiro atoms. The average Bonchev–Trinajstić information content (AvgIpc) is 2.90. The van der Waals surface area contributed by atoms with Crippen LogP contribution in [-0.4, -0.2) is 17.9 Å². The second-order valence-electron chi connectivity index (χ2n) is 6.77. The lowest BCUT2D eigenvalue weighted by Gasteiger charge is -2.24. The minimum absolute atomic E-state index is 0.0565. The lowest BCUT2D eigenvalue weighted by Crippen LogP contribution is -2.50. The zero-order chi connectivity index (χ0) is 19.4. The van der Waals surface area contributed by atoms with Gasteiger partial charge in [-0.25, -0.2) is 0 Å². The zero-order valence-corrected chi connectivity index (χ0v) is 17.3. The molecule has 0 aliphatic rings. The monoisotopic (exact) mass is 392 g/mol. The van der Waals surface area contributed by atoms with E-state index in [0.29, 0.717) is 10.6 Å². The van der Waals surface area contributed by atoms with E-state index in [1.807, 2.05) is 20.8 Å². The van der Waals surface area contributed by atoms with Crippen LogP contribution in [0.4, 0.5) is 0 Å². The van der Waals surface area contributed by atoms with E-state index in [-0.39, 0.29) is 23.8 Å². The van der Waals surface area contributed by atoms with Gasteiger partial charge in [-0.15, -0.1) is 11.3 Å². The number of nitrogens with one attached hydrogen (secondary N) is 2. The first-order chi connectivity index (χ1) is 12.2. The Morgan fingerprint density at radius 2 is 1.73 bits per heavy atom. The predicted octanol–water partition coefficient (Wildman–Crippen LogP) is 4.65. The van der Waals surface area contributed by atoms with Gasteiger partial charge in [-0.2, -0.15) is 0 Å². The van der Waals surface area contributed by atoms with E-state index in [9.17, 15) is 9.59 Å². The Labute approximate surface area is 164 Å². The summed E-state index contributed by atoms with van der Waals surface area (Å²) < 4.78 is 0. The third kappa shape index (κ3) is 4.86. The van der Waals surface area contributed by atoms with Crippen LogP contribution in [0.15, 0.2) is 30.3 Å². The van der Waals surface area contributed by atoms with Crippen LogP contribution >= 0.6 is 22.9 Å². The molecule has 2 N–H and O–H groups in total. The fourth-order valence-electron chi connectivity index (χ4n) is 2.86. The lowest BCUT2D eigenvalue weighted by molar-refractivity contribution is -0.124. The molecule has 2 rings (SSSR count). The number of hydrogen-bond donors (Lipinski definition) is 2. The molecule has 0 fully saturated rings. The van der Waals surface area contributed by atoms with Crippen molar-refractivity contribution in [3.63, 3.8) is 0 Å². The molecular weight excluding hydrogens is 368 g/mol. The molecule has 26 heavy (non-hydrogen) atoms. The smallest absolute Gasteiger partial charge is 0.253 e. The highest BCUT2D eigenvalue weighted by molar-refractivity contribution is 7.12. The molecule has 0 aliphatic carbocycles. The van der Waals surface area contributed by atoms with Crippen molar-refractivity contribution in [3.8, 4) is 0 Å². The first-order valence-electron chi connectivity index (χ1n) is 8.63. The Morgan fingerprint density at radius 1 is 1.08 bits per heavy atom. The van der Waals surface area contributed by atoms with Crippen LogP contribution in [0.5, 0.6) is 0 Å². The number of halogens is 1. The van der Waals surface area contributed by atoms with Gasteiger partial charge in [-0.1, -0.05) is 37.6 Å². The molecule has 0 aliphatic heterocycles. The van der Waals surface area contributed by atoms with Crippen LogP contribution in [0.1, 0.15) is 52.5 Å². The van der Waals surface area contributed by atoms with E-state index >= 15 is 0 Å². The highest BCUT2D eigenvalue weighted by Crippen LogP contribution is 2.26. The fourth-order valence-corrected chi connectivity index (χ4v) is 4.10. The van der Waals surface area contributed by atoms with Crippen molar-refractivity contribution in [2.45, 2.75) is 46.7 Å². The highest BCUT2D eigenvalue weighted by Gasteiger charge is 2.27. The van der Waals surface area contributed by atoms with E-state index in [0.717, 1.165) is 5.56 Å².